The first-order chi connectivity index (χ1) is 9.86. The number of benzene rings is 1. The van der Waals surface area contributed by atoms with Gasteiger partial charge in [-0.3, -0.25) is 4.79 Å². The molecule has 106 valence electrons. The third-order valence-corrected chi connectivity index (χ3v) is 3.39. The molecule has 0 spiro atoms. The lowest BCUT2D eigenvalue weighted by atomic mass is 10.1. The van der Waals surface area contributed by atoms with Crippen molar-refractivity contribution in [2.45, 2.75) is 45.6 Å². The van der Waals surface area contributed by atoms with Crippen LogP contribution in [0.1, 0.15) is 49.5 Å². The number of unbranched alkanes of at least 4 members (excludes halogenated alkanes) is 4. The minimum absolute atomic E-state index is 0.421. The summed E-state index contributed by atoms with van der Waals surface area (Å²) < 4.78 is 1.85. The molecule has 0 saturated heterocycles. The lowest BCUT2D eigenvalue weighted by molar-refractivity contribution is 0.111. The zero-order chi connectivity index (χ0) is 14.2. The van der Waals surface area contributed by atoms with Crippen LogP contribution in [0.3, 0.4) is 0 Å². The number of hydrogen-bond acceptors (Lipinski definition) is 3. The molecular weight excluding hydrogens is 250 g/mol. The summed E-state index contributed by atoms with van der Waals surface area (Å²) in [6, 6.07) is 9.85. The van der Waals surface area contributed by atoms with E-state index in [2.05, 4.69) is 17.2 Å². The summed E-state index contributed by atoms with van der Waals surface area (Å²) >= 11 is 0. The van der Waals surface area contributed by atoms with Crippen molar-refractivity contribution in [2.75, 3.05) is 0 Å². The van der Waals surface area contributed by atoms with Gasteiger partial charge >= 0.3 is 0 Å². The van der Waals surface area contributed by atoms with Crippen molar-refractivity contribution < 1.29 is 4.79 Å². The fourth-order valence-electron chi connectivity index (χ4n) is 2.32. The van der Waals surface area contributed by atoms with Gasteiger partial charge in [-0.2, -0.15) is 0 Å². The third kappa shape index (κ3) is 3.53. The van der Waals surface area contributed by atoms with E-state index in [4.69, 9.17) is 0 Å². The molecule has 0 bridgehead atoms. The highest BCUT2D eigenvalue weighted by Gasteiger charge is 2.13. The second-order valence-corrected chi connectivity index (χ2v) is 4.94. The minimum Gasteiger partial charge on any atom is -0.296 e. The molecule has 20 heavy (non-hydrogen) atoms. The van der Waals surface area contributed by atoms with Crippen molar-refractivity contribution >= 4 is 6.29 Å². The molecule has 2 rings (SSSR count). The van der Waals surface area contributed by atoms with Crippen LogP contribution < -0.4 is 0 Å². The molecule has 0 atom stereocenters. The maximum absolute atomic E-state index is 11.1. The number of rotatable bonds is 8. The Morgan fingerprint density at radius 1 is 1.10 bits per heavy atom. The van der Waals surface area contributed by atoms with Crippen molar-refractivity contribution in [3.63, 3.8) is 0 Å². The van der Waals surface area contributed by atoms with Crippen LogP contribution in [-0.2, 0) is 6.54 Å². The van der Waals surface area contributed by atoms with Gasteiger partial charge in [0.25, 0.3) is 0 Å². The van der Waals surface area contributed by atoms with Gasteiger partial charge in [0.15, 0.2) is 12.0 Å². The molecule has 0 aliphatic rings. The van der Waals surface area contributed by atoms with Crippen molar-refractivity contribution in [2.24, 2.45) is 0 Å². The van der Waals surface area contributed by atoms with E-state index in [1.165, 1.54) is 25.7 Å². The molecule has 1 heterocycles. The van der Waals surface area contributed by atoms with Gasteiger partial charge < -0.3 is 0 Å². The molecule has 1 aromatic heterocycles. The van der Waals surface area contributed by atoms with Crippen LogP contribution in [0, 0.1) is 0 Å². The Hall–Kier alpha value is -1.97. The van der Waals surface area contributed by atoms with Gasteiger partial charge in [0.1, 0.15) is 0 Å². The quantitative estimate of drug-likeness (QED) is 0.543. The summed E-state index contributed by atoms with van der Waals surface area (Å²) in [4.78, 5) is 11.1. The second-order valence-electron chi connectivity index (χ2n) is 4.94. The SMILES string of the molecule is CCCCCCCn1nnc(C=O)c1-c1ccccc1. The van der Waals surface area contributed by atoms with Crippen LogP contribution in [0.25, 0.3) is 11.3 Å². The highest BCUT2D eigenvalue weighted by molar-refractivity contribution is 5.83. The molecule has 0 aliphatic heterocycles. The fraction of sp³-hybridized carbons (Fsp3) is 0.438. The smallest absolute Gasteiger partial charge is 0.172 e. The monoisotopic (exact) mass is 271 g/mol. The zero-order valence-electron chi connectivity index (χ0n) is 12.0. The Bertz CT molecular complexity index is 534. The van der Waals surface area contributed by atoms with E-state index >= 15 is 0 Å². The lowest BCUT2D eigenvalue weighted by Gasteiger charge is -2.07. The van der Waals surface area contributed by atoms with Crippen LogP contribution in [0.2, 0.25) is 0 Å². The maximum atomic E-state index is 11.1. The highest BCUT2D eigenvalue weighted by Crippen LogP contribution is 2.21. The Labute approximate surface area is 119 Å². The average Bonchev–Trinajstić information content (AvgIpc) is 2.91. The highest BCUT2D eigenvalue weighted by atomic mass is 16.1. The Balaban J connectivity index is 2.10. The summed E-state index contributed by atoms with van der Waals surface area (Å²) in [5, 5.41) is 8.09. The van der Waals surface area contributed by atoms with Crippen molar-refractivity contribution in [1.82, 2.24) is 15.0 Å². The minimum atomic E-state index is 0.421. The molecule has 4 nitrogen and oxygen atoms in total. The molecule has 0 aliphatic carbocycles. The van der Waals surface area contributed by atoms with Gasteiger partial charge in [-0.1, -0.05) is 68.2 Å². The first-order valence-electron chi connectivity index (χ1n) is 7.31. The summed E-state index contributed by atoms with van der Waals surface area (Å²) in [7, 11) is 0. The number of aryl methyl sites for hydroxylation is 1. The summed E-state index contributed by atoms with van der Waals surface area (Å²) in [5.74, 6) is 0. The topological polar surface area (TPSA) is 47.8 Å². The van der Waals surface area contributed by atoms with E-state index in [0.717, 1.165) is 30.5 Å². The second kappa shape index (κ2) is 7.58. The van der Waals surface area contributed by atoms with E-state index in [-0.39, 0.29) is 0 Å². The molecule has 4 heteroatoms. The van der Waals surface area contributed by atoms with Gasteiger partial charge in [0.2, 0.25) is 0 Å². The molecule has 0 N–H and O–H groups in total. The molecular formula is C16H21N3O. The van der Waals surface area contributed by atoms with E-state index < -0.39 is 0 Å². The molecule has 0 fully saturated rings. The predicted molar refractivity (Wildman–Crippen MR) is 79.6 cm³/mol. The number of aldehydes is 1. The van der Waals surface area contributed by atoms with E-state index in [1.54, 1.807) is 0 Å². The Morgan fingerprint density at radius 3 is 2.55 bits per heavy atom. The average molecular weight is 271 g/mol. The van der Waals surface area contributed by atoms with Crippen molar-refractivity contribution in [1.29, 1.82) is 0 Å². The van der Waals surface area contributed by atoms with E-state index in [9.17, 15) is 4.79 Å². The van der Waals surface area contributed by atoms with E-state index in [1.807, 2.05) is 35.0 Å². The molecule has 0 amide bonds. The molecule has 0 saturated carbocycles. The van der Waals surface area contributed by atoms with Crippen LogP contribution >= 0.6 is 0 Å². The molecule has 1 aromatic carbocycles. The number of carbonyl (C=O) groups excluding carboxylic acids is 1. The normalized spacial score (nSPS) is 10.7. The van der Waals surface area contributed by atoms with Gasteiger partial charge in [-0.25, -0.2) is 4.68 Å². The van der Waals surface area contributed by atoms with Gasteiger partial charge in [-0.05, 0) is 6.42 Å². The van der Waals surface area contributed by atoms with Crippen molar-refractivity contribution in [3.8, 4) is 11.3 Å². The van der Waals surface area contributed by atoms with Crippen LogP contribution in [0.4, 0.5) is 0 Å². The van der Waals surface area contributed by atoms with Crippen molar-refractivity contribution in [3.05, 3.63) is 36.0 Å². The first kappa shape index (κ1) is 14.4. The first-order valence-corrected chi connectivity index (χ1v) is 7.31. The third-order valence-electron chi connectivity index (χ3n) is 3.39. The zero-order valence-corrected chi connectivity index (χ0v) is 12.0. The lowest BCUT2D eigenvalue weighted by Crippen LogP contribution is -2.03. The largest absolute Gasteiger partial charge is 0.296 e. The van der Waals surface area contributed by atoms with Gasteiger partial charge in [0, 0.05) is 12.1 Å². The van der Waals surface area contributed by atoms with Gasteiger partial charge in [0.05, 0.1) is 5.69 Å². The summed E-state index contributed by atoms with van der Waals surface area (Å²) in [6.45, 7) is 3.02. The van der Waals surface area contributed by atoms with Crippen LogP contribution in [0.5, 0.6) is 0 Å². The predicted octanol–water partition coefficient (Wildman–Crippen LogP) is 3.73. The fourth-order valence-corrected chi connectivity index (χ4v) is 2.32. The maximum Gasteiger partial charge on any atom is 0.172 e. The Morgan fingerprint density at radius 2 is 1.85 bits per heavy atom. The Kier molecular flexibility index (Phi) is 5.47. The summed E-state index contributed by atoms with van der Waals surface area (Å²) in [5.41, 5.74) is 2.24. The number of nitrogens with zero attached hydrogens (tertiary/aromatic N) is 3. The number of aromatic nitrogens is 3. The van der Waals surface area contributed by atoms with E-state index in [0.29, 0.717) is 5.69 Å². The van der Waals surface area contributed by atoms with Gasteiger partial charge in [-0.15, -0.1) is 5.10 Å². The molecule has 2 aromatic rings. The summed E-state index contributed by atoms with van der Waals surface area (Å²) in [6.07, 6.45) is 6.82. The number of hydrogen-bond donors (Lipinski definition) is 0. The molecule has 0 unspecified atom stereocenters. The molecule has 0 radical (unpaired) electrons. The number of carbonyl (C=O) groups is 1. The standard InChI is InChI=1S/C16H21N3O/c1-2-3-4-5-9-12-19-16(15(13-20)17-18-19)14-10-7-6-8-11-14/h6-8,10-11,13H,2-5,9,12H2,1H3. The van der Waals surface area contributed by atoms with Crippen LogP contribution in [-0.4, -0.2) is 21.3 Å². The van der Waals surface area contributed by atoms with Crippen LogP contribution in [0.15, 0.2) is 30.3 Å².